The van der Waals surface area contributed by atoms with Crippen molar-refractivity contribution < 1.29 is 9.53 Å². The van der Waals surface area contributed by atoms with Crippen LogP contribution in [0.2, 0.25) is 0 Å². The van der Waals surface area contributed by atoms with E-state index in [0.29, 0.717) is 5.75 Å². The molecular formula is C20H10N2O4. The van der Waals surface area contributed by atoms with E-state index in [9.17, 15) is 19.9 Å². The Bertz CT molecular complexity index is 1460. The Balaban J connectivity index is 2.24. The quantitative estimate of drug-likeness (QED) is 0.407. The van der Waals surface area contributed by atoms with Crippen molar-refractivity contribution in [3.8, 4) is 11.5 Å². The molecule has 2 aromatic carbocycles. The average Bonchev–Trinajstić information content (AvgIpc) is 2.66. The molecule has 0 unspecified atom stereocenters. The van der Waals surface area contributed by atoms with E-state index in [1.807, 2.05) is 0 Å². The lowest BCUT2D eigenvalue weighted by Gasteiger charge is -2.03. The maximum atomic E-state index is 12.9. The van der Waals surface area contributed by atoms with Gasteiger partial charge in [-0.1, -0.05) is 42.5 Å². The second-order valence-electron chi connectivity index (χ2n) is 5.69. The van der Waals surface area contributed by atoms with Gasteiger partial charge < -0.3 is 10.3 Å². The largest absolute Gasteiger partial charge is 0.449 e. The summed E-state index contributed by atoms with van der Waals surface area (Å²) in [6, 6.07) is 15.8. The lowest BCUT2D eigenvalue weighted by atomic mass is 10.0. The number of nitrogens with zero attached hydrogens (tertiary/aromatic N) is 2. The second-order valence-corrected chi connectivity index (χ2v) is 5.69. The van der Waals surface area contributed by atoms with Crippen LogP contribution in [-0.4, -0.2) is 4.79 Å². The van der Waals surface area contributed by atoms with Gasteiger partial charge in [0.1, 0.15) is 11.0 Å². The Kier molecular flexibility index (Phi) is 3.53. The molecule has 0 bridgehead atoms. The highest BCUT2D eigenvalue weighted by Crippen LogP contribution is 2.16. The number of benzene rings is 2. The van der Waals surface area contributed by atoms with Crippen molar-refractivity contribution in [1.82, 2.24) is 0 Å². The van der Waals surface area contributed by atoms with Crippen molar-refractivity contribution in [2.75, 3.05) is 0 Å². The van der Waals surface area contributed by atoms with Crippen molar-refractivity contribution in [2.45, 2.75) is 0 Å². The number of rotatable bonds is 2. The van der Waals surface area contributed by atoms with Crippen LogP contribution in [0.25, 0.3) is 16.3 Å². The van der Waals surface area contributed by atoms with Gasteiger partial charge in [0, 0.05) is 16.8 Å². The molecule has 0 radical (unpaired) electrons. The van der Waals surface area contributed by atoms with Crippen molar-refractivity contribution in [2.24, 2.45) is 0 Å². The van der Waals surface area contributed by atoms with Crippen LogP contribution in [0.1, 0.15) is 0 Å². The van der Waals surface area contributed by atoms with Gasteiger partial charge in [0.15, 0.2) is 10.9 Å². The van der Waals surface area contributed by atoms with Gasteiger partial charge in [0.2, 0.25) is 11.2 Å². The summed E-state index contributed by atoms with van der Waals surface area (Å²) >= 11 is 0. The molecule has 6 heteroatoms. The summed E-state index contributed by atoms with van der Waals surface area (Å²) < 4.78 is 5.60. The van der Waals surface area contributed by atoms with Crippen molar-refractivity contribution in [3.63, 3.8) is 0 Å². The molecule has 0 saturated carbocycles. The number of hydrogen-bond donors (Lipinski definition) is 0. The minimum absolute atomic E-state index is 0.0945. The van der Waals surface area contributed by atoms with Crippen molar-refractivity contribution in [1.29, 1.82) is 0 Å². The minimum Gasteiger partial charge on any atom is -0.449 e. The van der Waals surface area contributed by atoms with Crippen LogP contribution >= 0.6 is 0 Å². The molecule has 2 aliphatic rings. The molecule has 0 spiro atoms. The van der Waals surface area contributed by atoms with Crippen LogP contribution in [0.4, 0.5) is 0 Å². The Hall–Kier alpha value is -3.89. The number of para-hydroxylation sites is 1. The molecule has 0 fully saturated rings. The summed E-state index contributed by atoms with van der Waals surface area (Å²) in [6.07, 6.45) is 0. The molecule has 0 amide bonds. The molecule has 0 aromatic heterocycles. The molecule has 0 saturated heterocycles. The maximum absolute atomic E-state index is 12.9. The smallest absolute Gasteiger partial charge is 0.369 e. The zero-order chi connectivity index (χ0) is 18.3. The van der Waals surface area contributed by atoms with Gasteiger partial charge in [0.25, 0.3) is 0 Å². The van der Waals surface area contributed by atoms with E-state index in [-0.39, 0.29) is 32.3 Å². The highest BCUT2D eigenvalue weighted by Gasteiger charge is 2.19. The lowest BCUT2D eigenvalue weighted by molar-refractivity contribution is -0.0689. The Labute approximate surface area is 145 Å². The highest BCUT2D eigenvalue weighted by molar-refractivity contribution is 5.82. The number of fused-ring (bicyclic) bond motifs is 1. The molecule has 124 valence electrons. The van der Waals surface area contributed by atoms with Crippen LogP contribution in [0.15, 0.2) is 75.0 Å². The monoisotopic (exact) mass is 342 g/mol. The average molecular weight is 342 g/mol. The molecule has 0 atom stereocenters. The number of ether oxygens (including phenoxy) is 1. The molecule has 0 aliphatic heterocycles. The third-order valence-corrected chi connectivity index (χ3v) is 4.17. The zero-order valence-corrected chi connectivity index (χ0v) is 13.3. The third-order valence-electron chi connectivity index (χ3n) is 4.17. The predicted molar refractivity (Wildman–Crippen MR) is 93.7 cm³/mol. The van der Waals surface area contributed by atoms with Gasteiger partial charge in [-0.25, -0.2) is 0 Å². The molecule has 0 N–H and O–H groups in total. The topological polar surface area (TPSA) is 96.8 Å². The summed E-state index contributed by atoms with van der Waals surface area (Å²) in [5, 5.41) is -0.471. The van der Waals surface area contributed by atoms with E-state index in [2.05, 4.69) is 4.79 Å². The molecule has 2 aliphatic carbocycles. The summed E-state index contributed by atoms with van der Waals surface area (Å²) in [5.74, 6) is 0.301. The first-order valence-corrected chi connectivity index (χ1v) is 7.76. The summed E-state index contributed by atoms with van der Waals surface area (Å²) in [6.45, 7) is 0. The first-order valence-electron chi connectivity index (χ1n) is 7.76. The van der Waals surface area contributed by atoms with Gasteiger partial charge in [-0.2, -0.15) is 4.79 Å². The summed E-state index contributed by atoms with van der Waals surface area (Å²) in [7, 11) is 0. The molecule has 2 aromatic rings. The van der Waals surface area contributed by atoms with Crippen molar-refractivity contribution in [3.05, 3.63) is 113 Å². The van der Waals surface area contributed by atoms with E-state index in [1.54, 1.807) is 42.5 Å². The fourth-order valence-corrected chi connectivity index (χ4v) is 3.01. The molecule has 4 rings (SSSR count). The van der Waals surface area contributed by atoms with Gasteiger partial charge in [-0.05, 0) is 12.1 Å². The third kappa shape index (κ3) is 2.25. The van der Waals surface area contributed by atoms with E-state index >= 15 is 0 Å². The molecule has 26 heavy (non-hydrogen) atoms. The molecule has 0 heterocycles. The molecule has 6 nitrogen and oxygen atoms in total. The van der Waals surface area contributed by atoms with Gasteiger partial charge in [-0.15, -0.1) is 0 Å². The zero-order valence-electron chi connectivity index (χ0n) is 13.3. The minimum atomic E-state index is -0.661. The van der Waals surface area contributed by atoms with E-state index in [1.165, 1.54) is 12.1 Å². The van der Waals surface area contributed by atoms with Crippen LogP contribution in [0.3, 0.4) is 0 Å². The first kappa shape index (κ1) is 15.6. The summed E-state index contributed by atoms with van der Waals surface area (Å²) in [5.41, 5.74) is 7.68. The lowest BCUT2D eigenvalue weighted by Crippen LogP contribution is -2.30. The van der Waals surface area contributed by atoms with Gasteiger partial charge in [-0.3, -0.25) is 14.4 Å². The summed E-state index contributed by atoms with van der Waals surface area (Å²) in [4.78, 5) is 41.2. The normalized spacial score (nSPS) is 10.8. The van der Waals surface area contributed by atoms with Crippen molar-refractivity contribution >= 4 is 10.8 Å². The maximum Gasteiger partial charge on any atom is 0.369 e. The first-order chi connectivity index (χ1) is 12.6. The van der Waals surface area contributed by atoms with Crippen LogP contribution in [0, 0.1) is 10.4 Å². The van der Waals surface area contributed by atoms with Gasteiger partial charge in [0.05, 0.1) is 5.22 Å². The number of hydrogen-bond acceptors (Lipinski definition) is 4. The Morgan fingerprint density at radius 3 is 1.96 bits per heavy atom. The van der Waals surface area contributed by atoms with Gasteiger partial charge >= 0.3 is 5.36 Å². The fraction of sp³-hybridized carbons (Fsp3) is 0. The predicted octanol–water partition coefficient (Wildman–Crippen LogP) is 1.44. The Morgan fingerprint density at radius 2 is 1.35 bits per heavy atom. The highest BCUT2D eigenvalue weighted by atomic mass is 16.5. The fourth-order valence-electron chi connectivity index (χ4n) is 3.01. The standard InChI is InChI=1S/C20H10N2O4/c21-22-18-15(26-11-6-2-1-3-7-11)10-14(23)16-17(18)20(25)13-9-5-4-8-12(13)19(16)24/h1-10H. The Morgan fingerprint density at radius 1 is 0.769 bits per heavy atom. The van der Waals surface area contributed by atoms with Crippen LogP contribution < -0.4 is 26.4 Å². The second kappa shape index (κ2) is 5.88. The van der Waals surface area contributed by atoms with Crippen LogP contribution in [0.5, 0.6) is 11.5 Å². The molecular weight excluding hydrogens is 332 g/mol. The van der Waals surface area contributed by atoms with E-state index in [0.717, 1.165) is 6.07 Å². The SMILES string of the molecule is [N-]=[N+]=c1c(Oc2ccccc2)cc(=O)c2c(=O)c3ccccc3c(=O)c1=2. The van der Waals surface area contributed by atoms with Crippen LogP contribution in [-0.2, 0) is 0 Å². The van der Waals surface area contributed by atoms with E-state index in [4.69, 9.17) is 4.74 Å². The van der Waals surface area contributed by atoms with E-state index < -0.39 is 16.3 Å².